The van der Waals surface area contributed by atoms with Gasteiger partial charge in [-0.3, -0.25) is 9.59 Å². The van der Waals surface area contributed by atoms with Gasteiger partial charge in [0.05, 0.1) is 11.8 Å². The van der Waals surface area contributed by atoms with Gasteiger partial charge in [-0.1, -0.05) is 19.8 Å². The summed E-state index contributed by atoms with van der Waals surface area (Å²) in [6, 6.07) is 0. The van der Waals surface area contributed by atoms with Gasteiger partial charge in [-0.05, 0) is 25.2 Å². The van der Waals surface area contributed by atoms with Gasteiger partial charge >= 0.3 is 11.9 Å². The summed E-state index contributed by atoms with van der Waals surface area (Å²) in [5.41, 5.74) is 0. The summed E-state index contributed by atoms with van der Waals surface area (Å²) in [5.74, 6) is -3.23. The minimum absolute atomic E-state index is 0. The molecule has 2 N–H and O–H groups in total. The van der Waals surface area contributed by atoms with E-state index in [1.165, 1.54) is 0 Å². The lowest BCUT2D eigenvalue weighted by atomic mass is 9.70. The highest BCUT2D eigenvalue weighted by molar-refractivity contribution is 5.80. The first-order valence-electron chi connectivity index (χ1n) is 5.53. The van der Waals surface area contributed by atoms with Crippen molar-refractivity contribution in [1.29, 1.82) is 0 Å². The minimum Gasteiger partial charge on any atom is -0.481 e. The van der Waals surface area contributed by atoms with Crippen molar-refractivity contribution >= 4 is 29.3 Å². The third kappa shape index (κ3) is 3.50. The highest BCUT2D eigenvalue weighted by Crippen LogP contribution is 2.37. The Bertz CT molecular complexity index is 252. The van der Waals surface area contributed by atoms with Crippen LogP contribution >= 0.6 is 0 Å². The number of rotatable bonds is 4. The van der Waals surface area contributed by atoms with Crippen LogP contribution in [0.5, 0.6) is 0 Å². The Balaban J connectivity index is 0.00000225. The van der Waals surface area contributed by atoms with E-state index in [9.17, 15) is 9.59 Å². The largest absolute Gasteiger partial charge is 0.481 e. The van der Waals surface area contributed by atoms with Crippen LogP contribution in [-0.2, 0) is 9.59 Å². The monoisotopic (exact) mass is 244 g/mol. The molecule has 0 bridgehead atoms. The van der Waals surface area contributed by atoms with Gasteiger partial charge in [0.15, 0.2) is 17.4 Å². The molecule has 1 rings (SSSR count). The maximum Gasteiger partial charge on any atom is 0.307 e. The van der Waals surface area contributed by atoms with E-state index >= 15 is 0 Å². The summed E-state index contributed by atoms with van der Waals surface area (Å²) in [6.45, 7) is 2.00. The van der Waals surface area contributed by atoms with Gasteiger partial charge in [-0.2, -0.15) is 0 Å². The molecular formula is C11H21AlO4. The normalized spacial score (nSPS) is 29.2. The van der Waals surface area contributed by atoms with Crippen molar-refractivity contribution in [3.05, 3.63) is 0 Å². The Morgan fingerprint density at radius 3 is 2.25 bits per heavy atom. The van der Waals surface area contributed by atoms with Gasteiger partial charge < -0.3 is 10.2 Å². The molecule has 0 aliphatic heterocycles. The number of carboxylic acid groups (broad SMARTS) is 2. The second-order valence-corrected chi connectivity index (χ2v) is 4.29. The molecule has 3 unspecified atom stereocenters. The molecule has 0 aromatic rings. The van der Waals surface area contributed by atoms with Crippen LogP contribution in [0.3, 0.4) is 0 Å². The summed E-state index contributed by atoms with van der Waals surface area (Å²) < 4.78 is 0. The fourth-order valence-electron chi connectivity index (χ4n) is 2.63. The minimum atomic E-state index is -0.955. The lowest BCUT2D eigenvalue weighted by Gasteiger charge is -2.33. The molecule has 0 spiro atoms. The molecule has 1 fully saturated rings. The number of hydrogen-bond acceptors (Lipinski definition) is 2. The van der Waals surface area contributed by atoms with Crippen LogP contribution < -0.4 is 0 Å². The first kappa shape index (κ1) is 15.5. The highest BCUT2D eigenvalue weighted by Gasteiger charge is 2.41. The summed E-state index contributed by atoms with van der Waals surface area (Å²) in [4.78, 5) is 22.0. The van der Waals surface area contributed by atoms with Crippen LogP contribution in [0.1, 0.15) is 39.0 Å². The van der Waals surface area contributed by atoms with Gasteiger partial charge in [-0.15, -0.1) is 0 Å². The first-order chi connectivity index (χ1) is 7.07. The number of carboxylic acids is 2. The fraction of sp³-hybridized carbons (Fsp3) is 0.818. The molecule has 0 amide bonds. The van der Waals surface area contributed by atoms with Crippen molar-refractivity contribution < 1.29 is 19.8 Å². The van der Waals surface area contributed by atoms with Gasteiger partial charge in [0.2, 0.25) is 0 Å². The van der Waals surface area contributed by atoms with E-state index < -0.39 is 23.8 Å². The molecule has 4 nitrogen and oxygen atoms in total. The first-order valence-corrected chi connectivity index (χ1v) is 5.53. The van der Waals surface area contributed by atoms with Crippen molar-refractivity contribution in [2.45, 2.75) is 39.0 Å². The lowest BCUT2D eigenvalue weighted by molar-refractivity contribution is -0.158. The predicted octanol–water partition coefficient (Wildman–Crippen LogP) is 0.804. The summed E-state index contributed by atoms with van der Waals surface area (Å²) in [5, 5.41) is 18.1. The van der Waals surface area contributed by atoms with Crippen LogP contribution in [0.25, 0.3) is 0 Å². The van der Waals surface area contributed by atoms with Crippen LogP contribution in [0, 0.1) is 17.8 Å². The number of hydrogen-bond donors (Lipinski definition) is 2. The molecule has 3 atom stereocenters. The Labute approximate surface area is 106 Å². The maximum absolute atomic E-state index is 11.1. The van der Waals surface area contributed by atoms with E-state index in [0.29, 0.717) is 6.42 Å². The van der Waals surface area contributed by atoms with Crippen LogP contribution in [0.15, 0.2) is 0 Å². The summed E-state index contributed by atoms with van der Waals surface area (Å²) >= 11 is 0. The molecule has 1 aliphatic carbocycles. The van der Waals surface area contributed by atoms with Gasteiger partial charge in [-0.25, -0.2) is 0 Å². The van der Waals surface area contributed by atoms with Crippen LogP contribution in [-0.4, -0.2) is 39.5 Å². The molecule has 92 valence electrons. The summed E-state index contributed by atoms with van der Waals surface area (Å²) in [6.07, 6.45) is 3.94. The average molecular weight is 244 g/mol. The quantitative estimate of drug-likeness (QED) is 0.717. The van der Waals surface area contributed by atoms with Gasteiger partial charge in [0, 0.05) is 0 Å². The molecule has 0 saturated heterocycles. The molecule has 1 saturated carbocycles. The SMILES string of the molecule is CCCC1CCCC(C(=O)O)C1C(=O)O.[AlH3]. The van der Waals surface area contributed by atoms with E-state index in [1.54, 1.807) is 0 Å². The van der Waals surface area contributed by atoms with Crippen molar-refractivity contribution in [1.82, 2.24) is 0 Å². The molecule has 5 heteroatoms. The van der Waals surface area contributed by atoms with Gasteiger partial charge in [0.1, 0.15) is 0 Å². The maximum atomic E-state index is 11.1. The molecular weight excluding hydrogens is 223 g/mol. The van der Waals surface area contributed by atoms with E-state index in [2.05, 4.69) is 0 Å². The molecule has 0 radical (unpaired) electrons. The second kappa shape index (κ2) is 6.93. The molecule has 0 aromatic carbocycles. The third-order valence-electron chi connectivity index (χ3n) is 3.29. The standard InChI is InChI=1S/C11H18O4.Al.3H/c1-2-4-7-5-3-6-8(10(12)13)9(7)11(14)15;;;;/h7-9H,2-6H2,1H3,(H,12,13)(H,14,15);;;;. The van der Waals surface area contributed by atoms with Crippen LogP contribution in [0.4, 0.5) is 0 Å². The van der Waals surface area contributed by atoms with Crippen molar-refractivity contribution in [3.8, 4) is 0 Å². The van der Waals surface area contributed by atoms with Crippen molar-refractivity contribution in [3.63, 3.8) is 0 Å². The van der Waals surface area contributed by atoms with Gasteiger partial charge in [0.25, 0.3) is 0 Å². The predicted molar refractivity (Wildman–Crippen MR) is 64.4 cm³/mol. The zero-order valence-corrected chi connectivity index (χ0v) is 8.98. The van der Waals surface area contributed by atoms with E-state index in [4.69, 9.17) is 10.2 Å². The number of carbonyl (C=O) groups is 2. The smallest absolute Gasteiger partial charge is 0.307 e. The van der Waals surface area contributed by atoms with Crippen molar-refractivity contribution in [2.24, 2.45) is 17.8 Å². The van der Waals surface area contributed by atoms with E-state index in [1.807, 2.05) is 6.92 Å². The third-order valence-corrected chi connectivity index (χ3v) is 3.29. The topological polar surface area (TPSA) is 74.6 Å². The Hall–Kier alpha value is -0.528. The van der Waals surface area contributed by atoms with Crippen molar-refractivity contribution in [2.75, 3.05) is 0 Å². The zero-order valence-electron chi connectivity index (χ0n) is 8.98. The molecule has 0 heterocycles. The highest BCUT2D eigenvalue weighted by atomic mass is 27.0. The fourth-order valence-corrected chi connectivity index (χ4v) is 2.63. The molecule has 1 aliphatic rings. The van der Waals surface area contributed by atoms with E-state index in [0.717, 1.165) is 25.7 Å². The van der Waals surface area contributed by atoms with E-state index in [-0.39, 0.29) is 23.3 Å². The Morgan fingerprint density at radius 1 is 1.19 bits per heavy atom. The molecule has 0 aromatic heterocycles. The molecule has 16 heavy (non-hydrogen) atoms. The Kier molecular flexibility index (Phi) is 6.70. The lowest BCUT2D eigenvalue weighted by Crippen LogP contribution is -2.38. The second-order valence-electron chi connectivity index (χ2n) is 4.29. The Morgan fingerprint density at radius 2 is 1.81 bits per heavy atom. The summed E-state index contributed by atoms with van der Waals surface area (Å²) in [7, 11) is 0. The number of aliphatic carboxylic acids is 2. The average Bonchev–Trinajstić information content (AvgIpc) is 2.17. The van der Waals surface area contributed by atoms with Crippen LogP contribution in [0.2, 0.25) is 0 Å². The zero-order chi connectivity index (χ0) is 11.4.